The molecule has 1 unspecified atom stereocenters. The summed E-state index contributed by atoms with van der Waals surface area (Å²) in [5, 5.41) is 11.2. The summed E-state index contributed by atoms with van der Waals surface area (Å²) in [7, 11) is 0. The van der Waals surface area contributed by atoms with E-state index in [-0.39, 0.29) is 30.9 Å². The number of carbonyl (C=O) groups excluding carboxylic acids is 1. The molecule has 0 bridgehead atoms. The summed E-state index contributed by atoms with van der Waals surface area (Å²) in [6.45, 7) is 0.674. The third kappa shape index (κ3) is 3.93. The van der Waals surface area contributed by atoms with Gasteiger partial charge in [0.2, 0.25) is 0 Å². The van der Waals surface area contributed by atoms with Gasteiger partial charge in [-0.25, -0.2) is 9.18 Å². The number of rotatable bonds is 4. The normalized spacial score (nSPS) is 17.8. The maximum absolute atomic E-state index is 13.6. The van der Waals surface area contributed by atoms with Gasteiger partial charge in [0.15, 0.2) is 0 Å². The van der Waals surface area contributed by atoms with Crippen molar-refractivity contribution >= 4 is 27.9 Å². The quantitative estimate of drug-likeness (QED) is 0.869. The number of urea groups is 1. The monoisotopic (exact) mass is 358 g/mol. The molecule has 0 saturated carbocycles. The number of nitrogens with one attached hydrogen (secondary N) is 1. The predicted octanol–water partition coefficient (Wildman–Crippen LogP) is 2.91. The van der Waals surface area contributed by atoms with E-state index in [1.807, 2.05) is 0 Å². The minimum Gasteiger partial charge on any atom is -0.481 e. The van der Waals surface area contributed by atoms with Gasteiger partial charge in [0.25, 0.3) is 0 Å². The number of aliphatic carboxylic acids is 1. The third-order valence-corrected chi connectivity index (χ3v) is 4.10. The molecule has 0 aliphatic carbocycles. The highest BCUT2D eigenvalue weighted by Crippen LogP contribution is 2.33. The van der Waals surface area contributed by atoms with Crippen molar-refractivity contribution in [2.45, 2.75) is 25.3 Å². The van der Waals surface area contributed by atoms with Crippen LogP contribution in [0.3, 0.4) is 0 Å². The summed E-state index contributed by atoms with van der Waals surface area (Å²) in [5.74, 6) is -1.31. The summed E-state index contributed by atoms with van der Waals surface area (Å²) in [6.07, 6.45) is 1.50. The van der Waals surface area contributed by atoms with Crippen LogP contribution in [0.1, 0.15) is 30.9 Å². The first-order valence-corrected chi connectivity index (χ1v) is 7.49. The second kappa shape index (κ2) is 6.89. The largest absolute Gasteiger partial charge is 0.481 e. The first kappa shape index (κ1) is 15.8. The maximum Gasteiger partial charge on any atom is 0.317 e. The molecule has 1 saturated heterocycles. The number of carboxylic acids is 1. The lowest BCUT2D eigenvalue weighted by molar-refractivity contribution is -0.136. The number of benzene rings is 1. The van der Waals surface area contributed by atoms with Crippen molar-refractivity contribution in [3.8, 4) is 0 Å². The van der Waals surface area contributed by atoms with Crippen molar-refractivity contribution in [1.82, 2.24) is 10.2 Å². The Bertz CT molecular complexity index is 553. The lowest BCUT2D eigenvalue weighted by atomic mass is 10.0. The third-order valence-electron chi connectivity index (χ3n) is 3.46. The van der Waals surface area contributed by atoms with Crippen molar-refractivity contribution in [2.24, 2.45) is 0 Å². The van der Waals surface area contributed by atoms with Crippen molar-refractivity contribution < 1.29 is 19.1 Å². The van der Waals surface area contributed by atoms with E-state index in [2.05, 4.69) is 21.2 Å². The molecule has 1 fully saturated rings. The Morgan fingerprint density at radius 1 is 1.48 bits per heavy atom. The van der Waals surface area contributed by atoms with Crippen LogP contribution in [0.4, 0.5) is 9.18 Å². The number of nitrogens with zero attached hydrogens (tertiary/aromatic N) is 1. The van der Waals surface area contributed by atoms with Gasteiger partial charge >= 0.3 is 12.0 Å². The van der Waals surface area contributed by atoms with Gasteiger partial charge in [0.05, 0.1) is 16.9 Å². The van der Waals surface area contributed by atoms with Crippen LogP contribution in [0.2, 0.25) is 0 Å². The molecule has 2 N–H and O–H groups in total. The average Bonchev–Trinajstić information content (AvgIpc) is 2.90. The molecule has 1 aromatic carbocycles. The highest BCUT2D eigenvalue weighted by molar-refractivity contribution is 9.10. The van der Waals surface area contributed by atoms with Gasteiger partial charge in [-0.15, -0.1) is 0 Å². The van der Waals surface area contributed by atoms with Crippen LogP contribution in [0.5, 0.6) is 0 Å². The van der Waals surface area contributed by atoms with Crippen LogP contribution in [-0.4, -0.2) is 35.1 Å². The zero-order valence-corrected chi connectivity index (χ0v) is 12.9. The molecular formula is C14H16BrFN2O3. The number of hydrogen-bond acceptors (Lipinski definition) is 2. The number of carboxylic acid groups (broad SMARTS) is 1. The van der Waals surface area contributed by atoms with E-state index in [1.165, 1.54) is 6.07 Å². The fraction of sp³-hybridized carbons (Fsp3) is 0.429. The van der Waals surface area contributed by atoms with Crippen LogP contribution in [0.25, 0.3) is 0 Å². The Morgan fingerprint density at radius 3 is 2.90 bits per heavy atom. The van der Waals surface area contributed by atoms with Crippen molar-refractivity contribution in [3.63, 3.8) is 0 Å². The van der Waals surface area contributed by atoms with Crippen LogP contribution in [0, 0.1) is 5.82 Å². The van der Waals surface area contributed by atoms with E-state index in [0.717, 1.165) is 18.4 Å². The Kier molecular flexibility index (Phi) is 5.17. The van der Waals surface area contributed by atoms with Crippen molar-refractivity contribution in [1.29, 1.82) is 0 Å². The van der Waals surface area contributed by atoms with Gasteiger partial charge in [-0.2, -0.15) is 0 Å². The fourth-order valence-electron chi connectivity index (χ4n) is 2.45. The minimum atomic E-state index is -0.955. The van der Waals surface area contributed by atoms with Crippen molar-refractivity contribution in [2.75, 3.05) is 13.1 Å². The lowest BCUT2D eigenvalue weighted by Gasteiger charge is -2.25. The molecule has 1 heterocycles. The summed E-state index contributed by atoms with van der Waals surface area (Å²) in [4.78, 5) is 24.2. The van der Waals surface area contributed by atoms with Gasteiger partial charge < -0.3 is 15.3 Å². The molecule has 1 atom stereocenters. The number of carbonyl (C=O) groups is 2. The van der Waals surface area contributed by atoms with Crippen LogP contribution in [0.15, 0.2) is 22.7 Å². The molecule has 1 aliphatic heterocycles. The first-order chi connectivity index (χ1) is 9.99. The maximum atomic E-state index is 13.6. The zero-order chi connectivity index (χ0) is 15.4. The molecule has 0 radical (unpaired) electrons. The molecule has 7 heteroatoms. The SMILES string of the molecule is O=C(O)CCNC(=O)N1CCCC1c1ccc(Br)c(F)c1. The number of amides is 2. The second-order valence-electron chi connectivity index (χ2n) is 4.90. The number of hydrogen-bond donors (Lipinski definition) is 2. The molecule has 0 aromatic heterocycles. The van der Waals surface area contributed by atoms with Crippen LogP contribution in [-0.2, 0) is 4.79 Å². The Balaban J connectivity index is 2.03. The molecule has 1 aromatic rings. The molecule has 21 heavy (non-hydrogen) atoms. The number of likely N-dealkylation sites (tertiary alicyclic amines) is 1. The van der Waals surface area contributed by atoms with E-state index in [0.29, 0.717) is 11.0 Å². The molecule has 1 aliphatic rings. The van der Waals surface area contributed by atoms with E-state index in [9.17, 15) is 14.0 Å². The Morgan fingerprint density at radius 2 is 2.24 bits per heavy atom. The van der Waals surface area contributed by atoms with Crippen LogP contribution >= 0.6 is 15.9 Å². The summed E-state index contributed by atoms with van der Waals surface area (Å²) in [5.41, 5.74) is 0.751. The predicted molar refractivity (Wildman–Crippen MR) is 78.4 cm³/mol. The number of halogens is 2. The zero-order valence-electron chi connectivity index (χ0n) is 11.3. The lowest BCUT2D eigenvalue weighted by Crippen LogP contribution is -2.40. The molecule has 5 nitrogen and oxygen atoms in total. The fourth-order valence-corrected chi connectivity index (χ4v) is 2.70. The van der Waals surface area contributed by atoms with Gasteiger partial charge in [0.1, 0.15) is 5.82 Å². The topological polar surface area (TPSA) is 69.6 Å². The second-order valence-corrected chi connectivity index (χ2v) is 5.75. The van der Waals surface area contributed by atoms with Gasteiger partial charge in [-0.05, 0) is 46.5 Å². The van der Waals surface area contributed by atoms with Gasteiger partial charge in [-0.1, -0.05) is 6.07 Å². The molecule has 114 valence electrons. The van der Waals surface area contributed by atoms with Crippen LogP contribution < -0.4 is 5.32 Å². The van der Waals surface area contributed by atoms with Crippen molar-refractivity contribution in [3.05, 3.63) is 34.1 Å². The van der Waals surface area contributed by atoms with Gasteiger partial charge in [-0.3, -0.25) is 4.79 Å². The van der Waals surface area contributed by atoms with E-state index < -0.39 is 5.97 Å². The highest BCUT2D eigenvalue weighted by atomic mass is 79.9. The molecule has 0 spiro atoms. The Labute approximate surface area is 130 Å². The molecule has 2 amide bonds. The minimum absolute atomic E-state index is 0.0894. The molecular weight excluding hydrogens is 343 g/mol. The standard InChI is InChI=1S/C14H16BrFN2O3/c15-10-4-3-9(8-11(10)16)12-2-1-7-18(12)14(21)17-6-5-13(19)20/h3-4,8,12H,1-2,5-7H2,(H,17,21)(H,19,20). The van der Waals surface area contributed by atoms with E-state index in [4.69, 9.17) is 5.11 Å². The smallest absolute Gasteiger partial charge is 0.317 e. The summed E-state index contributed by atoms with van der Waals surface area (Å²) in [6, 6.07) is 4.38. The van der Waals surface area contributed by atoms with E-state index >= 15 is 0 Å². The summed E-state index contributed by atoms with van der Waals surface area (Å²) < 4.78 is 14.0. The van der Waals surface area contributed by atoms with E-state index in [1.54, 1.807) is 17.0 Å². The Hall–Kier alpha value is -1.63. The highest BCUT2D eigenvalue weighted by Gasteiger charge is 2.30. The summed E-state index contributed by atoms with van der Waals surface area (Å²) >= 11 is 3.11. The first-order valence-electron chi connectivity index (χ1n) is 6.70. The molecule has 2 rings (SSSR count). The average molecular weight is 359 g/mol. The van der Waals surface area contributed by atoms with Gasteiger partial charge in [0, 0.05) is 13.1 Å².